The highest BCUT2D eigenvalue weighted by Gasteiger charge is 2.20. The Morgan fingerprint density at radius 1 is 0.309 bits per heavy atom. The van der Waals surface area contributed by atoms with E-state index in [-0.39, 0.29) is 0 Å². The third-order valence-corrected chi connectivity index (χ3v) is 13.2. The summed E-state index contributed by atoms with van der Waals surface area (Å²) in [7, 11) is 0. The van der Waals surface area contributed by atoms with Gasteiger partial charge in [-0.1, -0.05) is 146 Å². The summed E-state index contributed by atoms with van der Waals surface area (Å²) in [6.45, 7) is 0. The highest BCUT2D eigenvalue weighted by atomic mass is 32.1. The Labute approximate surface area is 327 Å². The zero-order chi connectivity index (χ0) is 36.3. The van der Waals surface area contributed by atoms with Crippen molar-refractivity contribution in [1.82, 2.24) is 0 Å². The number of anilines is 3. The molecule has 11 aromatic rings. The van der Waals surface area contributed by atoms with Crippen LogP contribution in [0.2, 0.25) is 0 Å². The molecule has 0 aliphatic carbocycles. The van der Waals surface area contributed by atoms with Gasteiger partial charge < -0.3 is 4.90 Å². The van der Waals surface area contributed by atoms with Crippen molar-refractivity contribution < 1.29 is 0 Å². The minimum absolute atomic E-state index is 1.11. The van der Waals surface area contributed by atoms with Crippen molar-refractivity contribution in [1.29, 1.82) is 0 Å². The highest BCUT2D eigenvalue weighted by Crippen LogP contribution is 2.46. The van der Waals surface area contributed by atoms with E-state index in [0.29, 0.717) is 0 Å². The molecule has 55 heavy (non-hydrogen) atoms. The van der Waals surface area contributed by atoms with Crippen LogP contribution in [-0.2, 0) is 0 Å². The zero-order valence-corrected chi connectivity index (χ0v) is 31.4. The van der Waals surface area contributed by atoms with Gasteiger partial charge in [0.15, 0.2) is 0 Å². The van der Waals surface area contributed by atoms with Gasteiger partial charge in [0.2, 0.25) is 0 Å². The normalized spacial score (nSPS) is 11.6. The number of fused-ring (bicyclic) bond motifs is 7. The molecule has 0 saturated carbocycles. The van der Waals surface area contributed by atoms with Crippen molar-refractivity contribution in [2.24, 2.45) is 0 Å². The fourth-order valence-electron chi connectivity index (χ4n) is 8.31. The molecule has 0 amide bonds. The number of rotatable bonds is 6. The highest BCUT2D eigenvalue weighted by molar-refractivity contribution is 7.26. The lowest BCUT2D eigenvalue weighted by atomic mass is 9.96. The van der Waals surface area contributed by atoms with Crippen molar-refractivity contribution >= 4 is 90.9 Å². The number of thiophene rings is 2. The summed E-state index contributed by atoms with van der Waals surface area (Å²) in [5.74, 6) is 0. The van der Waals surface area contributed by atoms with Gasteiger partial charge in [-0.05, 0) is 93.2 Å². The molecule has 0 fully saturated rings. The molecule has 0 radical (unpaired) electrons. The van der Waals surface area contributed by atoms with Crippen molar-refractivity contribution in [3.05, 3.63) is 200 Å². The Morgan fingerprint density at radius 2 is 0.836 bits per heavy atom. The molecular weight excluding hydrogens is 703 g/mol. The third-order valence-electron chi connectivity index (χ3n) is 10.9. The Balaban J connectivity index is 1.13. The predicted octanol–water partition coefficient (Wildman–Crippen LogP) is 16.0. The molecule has 1 nitrogen and oxygen atoms in total. The number of hydrogen-bond donors (Lipinski definition) is 0. The Morgan fingerprint density at radius 3 is 1.65 bits per heavy atom. The fraction of sp³-hybridized carbons (Fsp3) is 0. The Bertz CT molecular complexity index is 3230. The number of hydrogen-bond acceptors (Lipinski definition) is 3. The van der Waals surface area contributed by atoms with E-state index in [0.717, 1.165) is 17.1 Å². The molecule has 258 valence electrons. The van der Waals surface area contributed by atoms with E-state index in [1.165, 1.54) is 84.5 Å². The molecule has 2 aromatic heterocycles. The maximum Gasteiger partial charge on any atom is 0.0540 e. The molecule has 0 saturated heterocycles. The van der Waals surface area contributed by atoms with Crippen molar-refractivity contribution in [3.63, 3.8) is 0 Å². The first-order valence-corrected chi connectivity index (χ1v) is 20.3. The minimum Gasteiger partial charge on any atom is -0.310 e. The number of nitrogens with zero attached hydrogens (tertiary/aromatic N) is 1. The quantitative estimate of drug-likeness (QED) is 0.164. The fourth-order valence-corrected chi connectivity index (χ4v) is 10.6. The molecule has 0 aliphatic rings. The van der Waals surface area contributed by atoms with Gasteiger partial charge in [-0.25, -0.2) is 0 Å². The van der Waals surface area contributed by atoms with Crippen LogP contribution in [0.5, 0.6) is 0 Å². The summed E-state index contributed by atoms with van der Waals surface area (Å²) >= 11 is 3.74. The first-order chi connectivity index (χ1) is 27.3. The van der Waals surface area contributed by atoms with E-state index in [2.05, 4.69) is 205 Å². The van der Waals surface area contributed by atoms with Gasteiger partial charge in [-0.2, -0.15) is 0 Å². The summed E-state index contributed by atoms with van der Waals surface area (Å²) in [4.78, 5) is 2.45. The third kappa shape index (κ3) is 5.43. The molecule has 0 N–H and O–H groups in total. The molecule has 3 heteroatoms. The van der Waals surface area contributed by atoms with Crippen LogP contribution in [0.1, 0.15) is 0 Å². The van der Waals surface area contributed by atoms with Crippen LogP contribution in [0.4, 0.5) is 17.1 Å². The van der Waals surface area contributed by atoms with Crippen LogP contribution < -0.4 is 4.90 Å². The molecule has 0 aliphatic heterocycles. The minimum atomic E-state index is 1.11. The summed E-state index contributed by atoms with van der Waals surface area (Å²) in [6.07, 6.45) is 0. The standard InChI is InChI=1S/C52H33NS2/c1-2-19-40-34(13-1)14-11-23-41(40)35-15-9-17-38(31-35)53(39-18-10-16-36(32-39)43-24-12-25-46-44-21-4-8-28-50(44)55-52(43)46)48-26-6-3-20-42(48)37-29-30-51-47(33-37)45-22-5-7-27-49(45)54-51/h1-33H. The lowest BCUT2D eigenvalue weighted by Gasteiger charge is -2.29. The van der Waals surface area contributed by atoms with E-state index >= 15 is 0 Å². The van der Waals surface area contributed by atoms with Crippen LogP contribution in [-0.4, -0.2) is 0 Å². The van der Waals surface area contributed by atoms with E-state index in [1.54, 1.807) is 0 Å². The van der Waals surface area contributed by atoms with Gasteiger partial charge in [0.05, 0.1) is 5.69 Å². The van der Waals surface area contributed by atoms with Crippen LogP contribution in [0.3, 0.4) is 0 Å². The van der Waals surface area contributed by atoms with Crippen molar-refractivity contribution in [2.75, 3.05) is 4.90 Å². The summed E-state index contributed by atoms with van der Waals surface area (Å²) in [6, 6.07) is 73.5. The Hall–Kier alpha value is -6.52. The van der Waals surface area contributed by atoms with E-state index < -0.39 is 0 Å². The summed E-state index contributed by atoms with van der Waals surface area (Å²) in [5.41, 5.74) is 10.6. The smallest absolute Gasteiger partial charge is 0.0540 e. The molecule has 2 heterocycles. The summed E-state index contributed by atoms with van der Waals surface area (Å²) < 4.78 is 5.27. The van der Waals surface area contributed by atoms with Gasteiger partial charge in [0.25, 0.3) is 0 Å². The zero-order valence-electron chi connectivity index (χ0n) is 29.8. The van der Waals surface area contributed by atoms with Crippen LogP contribution >= 0.6 is 22.7 Å². The van der Waals surface area contributed by atoms with E-state index in [9.17, 15) is 0 Å². The lowest BCUT2D eigenvalue weighted by Crippen LogP contribution is -2.11. The summed E-state index contributed by atoms with van der Waals surface area (Å²) in [5, 5.41) is 7.73. The second kappa shape index (κ2) is 13.1. The second-order valence-electron chi connectivity index (χ2n) is 14.1. The van der Waals surface area contributed by atoms with Gasteiger partial charge in [-0.15, -0.1) is 22.7 Å². The lowest BCUT2D eigenvalue weighted by molar-refractivity contribution is 1.28. The van der Waals surface area contributed by atoms with Crippen molar-refractivity contribution in [3.8, 4) is 33.4 Å². The molecule has 0 atom stereocenters. The average molecular weight is 736 g/mol. The van der Waals surface area contributed by atoms with Gasteiger partial charge >= 0.3 is 0 Å². The molecule has 11 rings (SSSR count). The molecule has 0 bridgehead atoms. The van der Waals surface area contributed by atoms with Crippen LogP contribution in [0.15, 0.2) is 200 Å². The van der Waals surface area contributed by atoms with Crippen molar-refractivity contribution in [2.45, 2.75) is 0 Å². The second-order valence-corrected chi connectivity index (χ2v) is 16.2. The monoisotopic (exact) mass is 735 g/mol. The number of para-hydroxylation sites is 1. The Kier molecular flexibility index (Phi) is 7.61. The first kappa shape index (κ1) is 32.0. The number of benzene rings is 9. The molecule has 0 spiro atoms. The molecule has 9 aromatic carbocycles. The van der Waals surface area contributed by atoms with E-state index in [1.807, 2.05) is 22.7 Å². The van der Waals surface area contributed by atoms with Gasteiger partial charge in [-0.3, -0.25) is 0 Å². The van der Waals surface area contributed by atoms with Gasteiger partial charge in [0, 0.05) is 57.3 Å². The van der Waals surface area contributed by atoms with E-state index in [4.69, 9.17) is 0 Å². The van der Waals surface area contributed by atoms with Crippen LogP contribution in [0.25, 0.3) is 84.5 Å². The predicted molar refractivity (Wildman–Crippen MR) is 241 cm³/mol. The average Bonchev–Trinajstić information content (AvgIpc) is 3.82. The maximum atomic E-state index is 2.45. The van der Waals surface area contributed by atoms with Crippen LogP contribution in [0, 0.1) is 0 Å². The topological polar surface area (TPSA) is 3.24 Å². The maximum absolute atomic E-state index is 2.45. The van der Waals surface area contributed by atoms with Gasteiger partial charge in [0.1, 0.15) is 0 Å². The first-order valence-electron chi connectivity index (χ1n) is 18.7. The largest absolute Gasteiger partial charge is 0.310 e. The molecule has 0 unspecified atom stereocenters. The molecular formula is C52H33NS2. The SMILES string of the molecule is c1cc(-c2cccc3ccccc23)cc(N(c2cccc(-c3cccc4c3sc3ccccc34)c2)c2ccccc2-c2ccc3sc4ccccc4c3c2)c1.